The van der Waals surface area contributed by atoms with Crippen molar-refractivity contribution in [3.63, 3.8) is 0 Å². The van der Waals surface area contributed by atoms with Crippen LogP contribution >= 0.6 is 0 Å². The van der Waals surface area contributed by atoms with Gasteiger partial charge in [-0.1, -0.05) is 30.3 Å². The molecule has 1 aromatic heterocycles. The molecule has 0 N–H and O–H groups in total. The van der Waals surface area contributed by atoms with Crippen LogP contribution in [0.1, 0.15) is 11.1 Å². The lowest BCUT2D eigenvalue weighted by atomic mass is 10.2. The summed E-state index contributed by atoms with van der Waals surface area (Å²) in [5.74, 6) is 0.0969. The summed E-state index contributed by atoms with van der Waals surface area (Å²) in [4.78, 5) is 18.5. The SMILES string of the molecule is CN(CC(=O)N(C)Cc1ccc(N(C)C)cc1)Cc1cnn(-c2ccccc2)c1. The fraction of sp³-hybridized carbons (Fsp3) is 0.304. The summed E-state index contributed by atoms with van der Waals surface area (Å²) in [5.41, 5.74) is 4.38. The van der Waals surface area contributed by atoms with E-state index in [0.29, 0.717) is 19.6 Å². The van der Waals surface area contributed by atoms with Gasteiger partial charge in [0.15, 0.2) is 0 Å². The normalized spacial score (nSPS) is 10.9. The topological polar surface area (TPSA) is 44.6 Å². The van der Waals surface area contributed by atoms with E-state index >= 15 is 0 Å². The molecule has 0 fully saturated rings. The van der Waals surface area contributed by atoms with Gasteiger partial charge in [-0.3, -0.25) is 9.69 Å². The van der Waals surface area contributed by atoms with Crippen LogP contribution < -0.4 is 4.90 Å². The highest BCUT2D eigenvalue weighted by Gasteiger charge is 2.13. The number of hydrogen-bond acceptors (Lipinski definition) is 4. The number of anilines is 1. The summed E-state index contributed by atoms with van der Waals surface area (Å²) in [6, 6.07) is 18.3. The Balaban J connectivity index is 1.51. The van der Waals surface area contributed by atoms with Gasteiger partial charge in [0, 0.05) is 51.7 Å². The van der Waals surface area contributed by atoms with Gasteiger partial charge in [0.1, 0.15) is 0 Å². The monoisotopic (exact) mass is 391 g/mol. The molecule has 1 heterocycles. The van der Waals surface area contributed by atoms with Gasteiger partial charge in [-0.15, -0.1) is 0 Å². The molecule has 6 nitrogen and oxygen atoms in total. The second-order valence-electron chi connectivity index (χ2n) is 7.61. The van der Waals surface area contributed by atoms with Gasteiger partial charge in [0.25, 0.3) is 0 Å². The summed E-state index contributed by atoms with van der Waals surface area (Å²) in [5, 5.41) is 4.42. The fourth-order valence-electron chi connectivity index (χ4n) is 3.14. The second kappa shape index (κ2) is 9.39. The maximum atomic E-state index is 12.6. The molecule has 0 saturated carbocycles. The number of aromatic nitrogens is 2. The Morgan fingerprint density at radius 1 is 0.897 bits per heavy atom. The molecule has 0 saturated heterocycles. The van der Waals surface area contributed by atoms with Crippen molar-refractivity contribution >= 4 is 11.6 Å². The summed E-state index contributed by atoms with van der Waals surface area (Å²) >= 11 is 0. The number of nitrogens with zero attached hydrogens (tertiary/aromatic N) is 5. The van der Waals surface area contributed by atoms with Gasteiger partial charge in [-0.25, -0.2) is 4.68 Å². The molecule has 0 aliphatic heterocycles. The summed E-state index contributed by atoms with van der Waals surface area (Å²) in [7, 11) is 7.84. The minimum absolute atomic E-state index is 0.0969. The summed E-state index contributed by atoms with van der Waals surface area (Å²) in [6.45, 7) is 1.64. The lowest BCUT2D eigenvalue weighted by Gasteiger charge is -2.22. The molecule has 0 aliphatic carbocycles. The Labute approximate surface area is 173 Å². The first-order chi connectivity index (χ1) is 13.9. The van der Waals surface area contributed by atoms with Gasteiger partial charge < -0.3 is 9.80 Å². The van der Waals surface area contributed by atoms with Crippen LogP contribution in [0.5, 0.6) is 0 Å². The van der Waals surface area contributed by atoms with Crippen LogP contribution in [0.4, 0.5) is 5.69 Å². The molecule has 6 heteroatoms. The van der Waals surface area contributed by atoms with Crippen LogP contribution in [0.3, 0.4) is 0 Å². The van der Waals surface area contributed by atoms with Crippen molar-refractivity contribution in [1.29, 1.82) is 0 Å². The maximum absolute atomic E-state index is 12.6. The van der Waals surface area contributed by atoms with Gasteiger partial charge in [-0.05, 0) is 36.9 Å². The third-order valence-corrected chi connectivity index (χ3v) is 4.81. The van der Waals surface area contributed by atoms with E-state index in [1.807, 2.05) is 80.5 Å². The van der Waals surface area contributed by atoms with Gasteiger partial charge in [-0.2, -0.15) is 5.10 Å². The molecule has 152 valence electrons. The van der Waals surface area contributed by atoms with Crippen LogP contribution in [-0.4, -0.2) is 60.2 Å². The number of carbonyl (C=O) groups is 1. The van der Waals surface area contributed by atoms with Crippen molar-refractivity contribution < 1.29 is 4.79 Å². The van der Waals surface area contributed by atoms with Crippen LogP contribution in [0, 0.1) is 0 Å². The van der Waals surface area contributed by atoms with Crippen LogP contribution in [0.2, 0.25) is 0 Å². The molecule has 2 aromatic carbocycles. The van der Waals surface area contributed by atoms with E-state index in [4.69, 9.17) is 0 Å². The quantitative estimate of drug-likeness (QED) is 0.592. The fourth-order valence-corrected chi connectivity index (χ4v) is 3.14. The summed E-state index contributed by atoms with van der Waals surface area (Å²) in [6.07, 6.45) is 3.86. The lowest BCUT2D eigenvalue weighted by molar-refractivity contribution is -0.131. The average Bonchev–Trinajstić information content (AvgIpc) is 3.17. The Hall–Kier alpha value is -3.12. The number of rotatable bonds is 8. The number of hydrogen-bond donors (Lipinski definition) is 0. The molecule has 0 aliphatic rings. The number of benzene rings is 2. The smallest absolute Gasteiger partial charge is 0.236 e. The van der Waals surface area contributed by atoms with E-state index in [2.05, 4.69) is 34.3 Å². The molecule has 3 rings (SSSR count). The largest absolute Gasteiger partial charge is 0.378 e. The highest BCUT2D eigenvalue weighted by atomic mass is 16.2. The number of carbonyl (C=O) groups excluding carboxylic acids is 1. The van der Waals surface area contributed by atoms with Crippen LogP contribution in [0.15, 0.2) is 67.0 Å². The maximum Gasteiger partial charge on any atom is 0.236 e. The Kier molecular flexibility index (Phi) is 6.67. The number of amides is 1. The molecule has 0 bridgehead atoms. The van der Waals surface area contributed by atoms with Crippen LogP contribution in [0.25, 0.3) is 5.69 Å². The molecular formula is C23H29N5O. The summed E-state index contributed by atoms with van der Waals surface area (Å²) < 4.78 is 1.86. The Morgan fingerprint density at radius 3 is 2.24 bits per heavy atom. The van der Waals surface area contributed by atoms with Crippen molar-refractivity contribution in [1.82, 2.24) is 19.6 Å². The van der Waals surface area contributed by atoms with Crippen molar-refractivity contribution in [3.8, 4) is 5.69 Å². The zero-order valence-corrected chi connectivity index (χ0v) is 17.6. The first-order valence-electron chi connectivity index (χ1n) is 9.70. The van der Waals surface area contributed by atoms with Gasteiger partial charge in [0.05, 0.1) is 18.4 Å². The third-order valence-electron chi connectivity index (χ3n) is 4.81. The van der Waals surface area contributed by atoms with E-state index in [1.165, 1.54) is 0 Å². The predicted molar refractivity (Wildman–Crippen MR) is 117 cm³/mol. The zero-order valence-electron chi connectivity index (χ0n) is 17.6. The van der Waals surface area contributed by atoms with E-state index < -0.39 is 0 Å². The van der Waals surface area contributed by atoms with Crippen LogP contribution in [-0.2, 0) is 17.9 Å². The van der Waals surface area contributed by atoms with Crippen molar-refractivity contribution in [2.75, 3.05) is 39.6 Å². The molecule has 0 radical (unpaired) electrons. The molecule has 0 spiro atoms. The van der Waals surface area contributed by atoms with Gasteiger partial charge in [0.2, 0.25) is 5.91 Å². The lowest BCUT2D eigenvalue weighted by Crippen LogP contribution is -2.36. The molecule has 29 heavy (non-hydrogen) atoms. The average molecular weight is 392 g/mol. The van der Waals surface area contributed by atoms with E-state index in [-0.39, 0.29) is 5.91 Å². The number of likely N-dealkylation sites (N-methyl/N-ethyl adjacent to an activating group) is 2. The first-order valence-corrected chi connectivity index (χ1v) is 9.70. The van der Waals surface area contributed by atoms with Crippen molar-refractivity contribution in [2.24, 2.45) is 0 Å². The van der Waals surface area contributed by atoms with E-state index in [1.54, 1.807) is 4.90 Å². The molecule has 3 aromatic rings. The zero-order chi connectivity index (χ0) is 20.8. The predicted octanol–water partition coefficient (Wildman–Crippen LogP) is 3.03. The molecule has 1 amide bonds. The van der Waals surface area contributed by atoms with Crippen molar-refractivity contribution in [3.05, 3.63) is 78.1 Å². The minimum atomic E-state index is 0.0969. The number of para-hydroxylation sites is 1. The molecule has 0 unspecified atom stereocenters. The molecular weight excluding hydrogens is 362 g/mol. The minimum Gasteiger partial charge on any atom is -0.378 e. The Morgan fingerprint density at radius 2 is 1.59 bits per heavy atom. The van der Waals surface area contributed by atoms with Gasteiger partial charge >= 0.3 is 0 Å². The highest BCUT2D eigenvalue weighted by Crippen LogP contribution is 2.14. The highest BCUT2D eigenvalue weighted by molar-refractivity contribution is 5.78. The van der Waals surface area contributed by atoms with E-state index in [9.17, 15) is 4.79 Å². The first kappa shape index (κ1) is 20.6. The van der Waals surface area contributed by atoms with Crippen molar-refractivity contribution in [2.45, 2.75) is 13.1 Å². The van der Waals surface area contributed by atoms with E-state index in [0.717, 1.165) is 22.5 Å². The third kappa shape index (κ3) is 5.68. The second-order valence-corrected chi connectivity index (χ2v) is 7.61. The molecule has 0 atom stereocenters. The Bertz CT molecular complexity index is 918. The standard InChI is InChI=1S/C23H29N5O/c1-25(2)21-12-10-19(11-13-21)16-27(4)23(29)18-26(3)15-20-14-24-28(17-20)22-8-6-5-7-9-22/h5-14,17H,15-16,18H2,1-4H3.